The smallest absolute Gasteiger partial charge is 0.339 e. The molecule has 2 aromatic rings. The van der Waals surface area contributed by atoms with Gasteiger partial charge in [-0.3, -0.25) is 0 Å². The number of aromatic hydroxyl groups is 1. The Labute approximate surface area is 163 Å². The van der Waals surface area contributed by atoms with Gasteiger partial charge in [-0.05, 0) is 44.0 Å². The third-order valence-electron chi connectivity index (χ3n) is 4.05. The summed E-state index contributed by atoms with van der Waals surface area (Å²) in [6.07, 6.45) is 2.32. The predicted octanol–water partition coefficient (Wildman–Crippen LogP) is 4.91. The van der Waals surface area contributed by atoms with Crippen LogP contribution in [0.5, 0.6) is 17.2 Å². The largest absolute Gasteiger partial charge is 0.507 e. The minimum absolute atomic E-state index is 0.0876. The molecule has 0 unspecified atom stereocenters. The van der Waals surface area contributed by atoms with E-state index >= 15 is 0 Å². The zero-order chi connectivity index (χ0) is 20.0. The van der Waals surface area contributed by atoms with Crippen LogP contribution in [0.2, 0.25) is 0 Å². The van der Waals surface area contributed by atoms with Gasteiger partial charge in [0.25, 0.3) is 0 Å². The number of thioether (sulfide) groups is 1. The average molecular weight is 388 g/mol. The first-order chi connectivity index (χ1) is 12.9. The lowest BCUT2D eigenvalue weighted by Gasteiger charge is -2.16. The van der Waals surface area contributed by atoms with Gasteiger partial charge in [0.1, 0.15) is 22.8 Å². The van der Waals surface area contributed by atoms with Gasteiger partial charge in [-0.15, -0.1) is 11.8 Å². The molecule has 27 heavy (non-hydrogen) atoms. The first-order valence-electron chi connectivity index (χ1n) is 8.43. The molecule has 0 spiro atoms. The van der Waals surface area contributed by atoms with Crippen LogP contribution in [0.15, 0.2) is 46.9 Å². The number of aromatic carboxylic acids is 1. The lowest BCUT2D eigenvalue weighted by molar-refractivity contribution is 0.0692. The lowest BCUT2D eigenvalue weighted by Crippen LogP contribution is -2.06. The fraction of sp³-hybridized carbons (Fsp3) is 0.286. The summed E-state index contributed by atoms with van der Waals surface area (Å²) in [5.41, 5.74) is 1.95. The van der Waals surface area contributed by atoms with Crippen LogP contribution in [-0.2, 0) is 12.2 Å². The Morgan fingerprint density at radius 2 is 1.81 bits per heavy atom. The van der Waals surface area contributed by atoms with Crippen molar-refractivity contribution in [3.8, 4) is 17.2 Å². The van der Waals surface area contributed by atoms with Gasteiger partial charge >= 0.3 is 5.97 Å². The maximum atomic E-state index is 11.8. The molecular formula is C21H24O5S. The van der Waals surface area contributed by atoms with E-state index in [4.69, 9.17) is 9.47 Å². The third kappa shape index (κ3) is 4.98. The second-order valence-electron chi connectivity index (χ2n) is 6.17. The highest BCUT2D eigenvalue weighted by molar-refractivity contribution is 7.98. The number of rotatable bonds is 8. The molecule has 144 valence electrons. The number of hydrogen-bond donors (Lipinski definition) is 2. The number of carbonyl (C=O) groups is 1. The van der Waals surface area contributed by atoms with Crippen LogP contribution in [0.3, 0.4) is 0 Å². The fourth-order valence-electron chi connectivity index (χ4n) is 2.67. The molecule has 2 N–H and O–H groups in total. The van der Waals surface area contributed by atoms with Crippen molar-refractivity contribution in [2.45, 2.75) is 30.9 Å². The third-order valence-corrected chi connectivity index (χ3v) is 5.15. The number of phenols is 1. The van der Waals surface area contributed by atoms with Gasteiger partial charge in [0.05, 0.1) is 14.2 Å². The van der Waals surface area contributed by atoms with Crippen LogP contribution < -0.4 is 9.47 Å². The van der Waals surface area contributed by atoms with Gasteiger partial charge in [-0.25, -0.2) is 4.79 Å². The number of para-hydroxylation sites is 1. The Bertz CT molecular complexity index is 854. The van der Waals surface area contributed by atoms with Gasteiger partial charge < -0.3 is 19.7 Å². The standard InChI is InChI=1S/C21H24O5S/c1-13(2)9-10-15-17(26-4)11-14(19(20(15)22)21(23)24)12-27-18-8-6-5-7-16(18)25-3/h5-9,11,22H,10,12H2,1-4H3,(H,23,24). The van der Waals surface area contributed by atoms with Crippen LogP contribution in [0.1, 0.15) is 35.3 Å². The molecule has 0 saturated heterocycles. The normalized spacial score (nSPS) is 10.4. The molecule has 0 bridgehead atoms. The summed E-state index contributed by atoms with van der Waals surface area (Å²) in [7, 11) is 3.10. The quantitative estimate of drug-likeness (QED) is 0.494. The van der Waals surface area contributed by atoms with Crippen molar-refractivity contribution in [2.75, 3.05) is 14.2 Å². The van der Waals surface area contributed by atoms with E-state index in [0.717, 1.165) is 16.2 Å². The van der Waals surface area contributed by atoms with E-state index in [0.29, 0.717) is 29.1 Å². The van der Waals surface area contributed by atoms with Crippen molar-refractivity contribution < 1.29 is 24.5 Å². The Balaban J connectivity index is 2.44. The SMILES string of the molecule is COc1ccccc1SCc1cc(OC)c(CC=C(C)C)c(O)c1C(=O)O. The summed E-state index contributed by atoms with van der Waals surface area (Å²) in [5.74, 6) is 0.148. The van der Waals surface area contributed by atoms with Gasteiger partial charge in [-0.2, -0.15) is 0 Å². The molecule has 5 nitrogen and oxygen atoms in total. The summed E-state index contributed by atoms with van der Waals surface area (Å²) in [6.45, 7) is 3.89. The zero-order valence-electron chi connectivity index (χ0n) is 15.9. The maximum Gasteiger partial charge on any atom is 0.339 e. The molecule has 0 aromatic heterocycles. The Kier molecular flexibility index (Phi) is 7.19. The minimum atomic E-state index is -1.16. The average Bonchev–Trinajstić information content (AvgIpc) is 2.64. The van der Waals surface area contributed by atoms with Crippen molar-refractivity contribution in [1.82, 2.24) is 0 Å². The van der Waals surface area contributed by atoms with E-state index in [2.05, 4.69) is 0 Å². The molecule has 2 aromatic carbocycles. The Morgan fingerprint density at radius 1 is 1.15 bits per heavy atom. The Hall–Kier alpha value is -2.60. The summed E-state index contributed by atoms with van der Waals surface area (Å²) in [6, 6.07) is 9.22. The van der Waals surface area contributed by atoms with E-state index in [1.54, 1.807) is 13.2 Å². The highest BCUT2D eigenvalue weighted by Crippen LogP contribution is 2.39. The molecular weight excluding hydrogens is 364 g/mol. The number of hydrogen-bond acceptors (Lipinski definition) is 5. The number of methoxy groups -OCH3 is 2. The number of ether oxygens (including phenoxy) is 2. The predicted molar refractivity (Wildman–Crippen MR) is 107 cm³/mol. The van der Waals surface area contributed by atoms with Crippen molar-refractivity contribution in [3.05, 3.63) is 58.7 Å². The molecule has 0 amide bonds. The highest BCUT2D eigenvalue weighted by atomic mass is 32.2. The maximum absolute atomic E-state index is 11.8. The van der Waals surface area contributed by atoms with Crippen LogP contribution in [0, 0.1) is 0 Å². The van der Waals surface area contributed by atoms with Crippen molar-refractivity contribution >= 4 is 17.7 Å². The van der Waals surface area contributed by atoms with Gasteiger partial charge in [0, 0.05) is 16.2 Å². The summed E-state index contributed by atoms with van der Waals surface area (Å²) < 4.78 is 10.8. The molecule has 0 fully saturated rings. The molecule has 0 aliphatic heterocycles. The van der Waals surface area contributed by atoms with E-state index in [9.17, 15) is 15.0 Å². The number of allylic oxidation sites excluding steroid dienone is 2. The zero-order valence-corrected chi connectivity index (χ0v) is 16.7. The summed E-state index contributed by atoms with van der Waals surface area (Å²) >= 11 is 1.44. The number of carboxylic acids is 1. The van der Waals surface area contributed by atoms with Crippen LogP contribution >= 0.6 is 11.8 Å². The summed E-state index contributed by atoms with van der Waals surface area (Å²) in [5, 5.41) is 20.3. The topological polar surface area (TPSA) is 76.0 Å². The Morgan fingerprint density at radius 3 is 2.41 bits per heavy atom. The molecule has 0 aliphatic carbocycles. The molecule has 0 saturated carbocycles. The molecule has 6 heteroatoms. The second-order valence-corrected chi connectivity index (χ2v) is 7.19. The van der Waals surface area contributed by atoms with E-state index in [1.807, 2.05) is 44.2 Å². The van der Waals surface area contributed by atoms with Crippen LogP contribution in [-0.4, -0.2) is 30.4 Å². The van der Waals surface area contributed by atoms with Crippen LogP contribution in [0.4, 0.5) is 0 Å². The number of carboxylic acid groups (broad SMARTS) is 1. The van der Waals surface area contributed by atoms with E-state index < -0.39 is 5.97 Å². The molecule has 2 rings (SSSR count). The van der Waals surface area contributed by atoms with Gasteiger partial charge in [0.2, 0.25) is 0 Å². The lowest BCUT2D eigenvalue weighted by atomic mass is 9.99. The van der Waals surface area contributed by atoms with E-state index in [-0.39, 0.29) is 11.3 Å². The van der Waals surface area contributed by atoms with E-state index in [1.165, 1.54) is 18.9 Å². The first-order valence-corrected chi connectivity index (χ1v) is 9.41. The second kappa shape index (κ2) is 9.37. The van der Waals surface area contributed by atoms with Crippen molar-refractivity contribution in [1.29, 1.82) is 0 Å². The first kappa shape index (κ1) is 20.7. The molecule has 0 heterocycles. The monoisotopic (exact) mass is 388 g/mol. The summed E-state index contributed by atoms with van der Waals surface area (Å²) in [4.78, 5) is 12.7. The molecule has 0 radical (unpaired) electrons. The highest BCUT2D eigenvalue weighted by Gasteiger charge is 2.22. The molecule has 0 aliphatic rings. The van der Waals surface area contributed by atoms with Gasteiger partial charge in [0.15, 0.2) is 0 Å². The minimum Gasteiger partial charge on any atom is -0.507 e. The molecule has 0 atom stereocenters. The fourth-order valence-corrected chi connectivity index (χ4v) is 3.68. The van der Waals surface area contributed by atoms with Crippen molar-refractivity contribution in [3.63, 3.8) is 0 Å². The number of benzene rings is 2. The van der Waals surface area contributed by atoms with Gasteiger partial charge in [-0.1, -0.05) is 23.8 Å². The van der Waals surface area contributed by atoms with Crippen LogP contribution in [0.25, 0.3) is 0 Å². The van der Waals surface area contributed by atoms with Crippen molar-refractivity contribution in [2.24, 2.45) is 0 Å².